The van der Waals surface area contributed by atoms with Gasteiger partial charge in [0.25, 0.3) is 0 Å². The van der Waals surface area contributed by atoms with Crippen LogP contribution >= 0.6 is 11.8 Å². The first-order chi connectivity index (χ1) is 9.99. The van der Waals surface area contributed by atoms with Crippen LogP contribution in [0.25, 0.3) is 0 Å². The van der Waals surface area contributed by atoms with Crippen LogP contribution in [0.2, 0.25) is 0 Å². The number of nitrogens with zero attached hydrogens (tertiary/aromatic N) is 2. The summed E-state index contributed by atoms with van der Waals surface area (Å²) in [5, 5.41) is 5.09. The lowest BCUT2D eigenvalue weighted by Gasteiger charge is -2.21. The number of hydrogen-bond acceptors (Lipinski definition) is 5. The Hall–Kier alpha value is -1.63. The predicted octanol–water partition coefficient (Wildman–Crippen LogP) is 2.51. The molecule has 0 aliphatic carbocycles. The van der Waals surface area contributed by atoms with Gasteiger partial charge in [-0.15, -0.1) is 0 Å². The summed E-state index contributed by atoms with van der Waals surface area (Å²) < 4.78 is 0. The zero-order chi connectivity index (χ0) is 17.1. The minimum Gasteiger partial charge on any atom is -0.333 e. The summed E-state index contributed by atoms with van der Waals surface area (Å²) in [7, 11) is 0. The smallest absolute Gasteiger partial charge is 0.321 e. The molecular formula is C15H24N4O2S. The van der Waals surface area contributed by atoms with Crippen molar-refractivity contribution in [2.24, 2.45) is 0 Å². The number of nitrogens with one attached hydrogen (secondary N) is 2. The second-order valence-corrected chi connectivity index (χ2v) is 7.56. The molecule has 0 radical (unpaired) electrons. The summed E-state index contributed by atoms with van der Waals surface area (Å²) in [4.78, 5) is 32.5. The molecule has 0 saturated carbocycles. The highest BCUT2D eigenvalue weighted by Crippen LogP contribution is 2.21. The zero-order valence-corrected chi connectivity index (χ0v) is 15.0. The van der Waals surface area contributed by atoms with Crippen molar-refractivity contribution in [3.05, 3.63) is 17.0 Å². The van der Waals surface area contributed by atoms with Gasteiger partial charge in [0.15, 0.2) is 5.16 Å². The van der Waals surface area contributed by atoms with Gasteiger partial charge in [0.1, 0.15) is 0 Å². The van der Waals surface area contributed by atoms with E-state index < -0.39 is 16.8 Å². The lowest BCUT2D eigenvalue weighted by atomic mass is 10.1. The maximum atomic E-state index is 12.0. The third kappa shape index (κ3) is 5.63. The maximum absolute atomic E-state index is 12.0. The Morgan fingerprint density at radius 1 is 1.09 bits per heavy atom. The highest BCUT2D eigenvalue weighted by Gasteiger charge is 2.21. The van der Waals surface area contributed by atoms with Gasteiger partial charge in [0.2, 0.25) is 5.91 Å². The number of hydrogen-bond donors (Lipinski definition) is 2. The lowest BCUT2D eigenvalue weighted by Crippen LogP contribution is -2.49. The third-order valence-electron chi connectivity index (χ3n) is 2.99. The summed E-state index contributed by atoms with van der Waals surface area (Å²) >= 11 is 1.23. The second kappa shape index (κ2) is 7.09. The Morgan fingerprint density at radius 3 is 2.05 bits per heavy atom. The molecule has 0 aromatic carbocycles. The standard InChI is InChI=1S/C15H24N4O2S/c1-8-9(2)16-14(17-10(8)3)22-11(4)12(20)18-13(21)19-15(5,6)7/h11H,1-7H3,(H2,18,19,20,21)/t11-/m0/s1. The van der Waals surface area contributed by atoms with Crippen LogP contribution in [-0.4, -0.2) is 32.7 Å². The fourth-order valence-corrected chi connectivity index (χ4v) is 2.45. The van der Waals surface area contributed by atoms with Crippen LogP contribution in [0.1, 0.15) is 44.6 Å². The molecule has 3 amide bonds. The van der Waals surface area contributed by atoms with Crippen LogP contribution in [0.5, 0.6) is 0 Å². The van der Waals surface area contributed by atoms with E-state index in [-0.39, 0.29) is 5.91 Å². The molecule has 0 aliphatic rings. The van der Waals surface area contributed by atoms with Gasteiger partial charge in [-0.3, -0.25) is 10.1 Å². The summed E-state index contributed by atoms with van der Waals surface area (Å²) in [5.74, 6) is -0.369. The SMILES string of the molecule is Cc1nc(S[C@@H](C)C(=O)NC(=O)NC(C)(C)C)nc(C)c1C. The van der Waals surface area contributed by atoms with Gasteiger partial charge in [-0.2, -0.15) is 0 Å². The zero-order valence-electron chi connectivity index (χ0n) is 14.2. The van der Waals surface area contributed by atoms with E-state index in [9.17, 15) is 9.59 Å². The Labute approximate surface area is 135 Å². The molecule has 7 heteroatoms. The third-order valence-corrected chi connectivity index (χ3v) is 3.95. The van der Waals surface area contributed by atoms with Gasteiger partial charge in [0, 0.05) is 16.9 Å². The number of amides is 3. The van der Waals surface area contributed by atoms with E-state index in [1.54, 1.807) is 6.92 Å². The lowest BCUT2D eigenvalue weighted by molar-refractivity contribution is -0.119. The van der Waals surface area contributed by atoms with E-state index in [1.165, 1.54) is 11.8 Å². The van der Waals surface area contributed by atoms with E-state index in [4.69, 9.17) is 0 Å². The fourth-order valence-electron chi connectivity index (χ4n) is 1.59. The minimum atomic E-state index is -0.498. The number of aromatic nitrogens is 2. The highest BCUT2D eigenvalue weighted by atomic mass is 32.2. The van der Waals surface area contributed by atoms with Gasteiger partial charge in [-0.1, -0.05) is 11.8 Å². The molecule has 0 saturated heterocycles. The first-order valence-corrected chi connectivity index (χ1v) is 7.99. The van der Waals surface area contributed by atoms with Crippen molar-refractivity contribution in [3.8, 4) is 0 Å². The van der Waals surface area contributed by atoms with Crippen molar-refractivity contribution in [2.45, 2.75) is 64.4 Å². The van der Waals surface area contributed by atoms with Crippen LogP contribution in [-0.2, 0) is 4.79 Å². The van der Waals surface area contributed by atoms with E-state index in [2.05, 4.69) is 20.6 Å². The van der Waals surface area contributed by atoms with Crippen molar-refractivity contribution in [1.29, 1.82) is 0 Å². The van der Waals surface area contributed by atoms with E-state index in [0.717, 1.165) is 17.0 Å². The number of rotatable bonds is 3. The Morgan fingerprint density at radius 2 is 1.59 bits per heavy atom. The van der Waals surface area contributed by atoms with Crippen molar-refractivity contribution in [1.82, 2.24) is 20.6 Å². The molecule has 0 fully saturated rings. The van der Waals surface area contributed by atoms with Crippen LogP contribution in [0.15, 0.2) is 5.16 Å². The summed E-state index contributed by atoms with van der Waals surface area (Å²) in [6.07, 6.45) is 0. The Kier molecular flexibility index (Phi) is 5.93. The number of imide groups is 1. The largest absolute Gasteiger partial charge is 0.333 e. The van der Waals surface area contributed by atoms with E-state index >= 15 is 0 Å². The minimum absolute atomic E-state index is 0.369. The maximum Gasteiger partial charge on any atom is 0.321 e. The topological polar surface area (TPSA) is 84.0 Å². The number of carbonyl (C=O) groups excluding carboxylic acids is 2. The van der Waals surface area contributed by atoms with Gasteiger partial charge in [-0.25, -0.2) is 14.8 Å². The quantitative estimate of drug-likeness (QED) is 0.659. The molecule has 1 heterocycles. The second-order valence-electron chi connectivity index (χ2n) is 6.26. The first-order valence-electron chi connectivity index (χ1n) is 7.11. The first kappa shape index (κ1) is 18.4. The average Bonchev–Trinajstić information content (AvgIpc) is 2.33. The number of aryl methyl sites for hydroxylation is 2. The van der Waals surface area contributed by atoms with Crippen LogP contribution < -0.4 is 10.6 Å². The van der Waals surface area contributed by atoms with Crippen LogP contribution in [0, 0.1) is 20.8 Å². The monoisotopic (exact) mass is 324 g/mol. The van der Waals surface area contributed by atoms with Crippen molar-refractivity contribution >= 4 is 23.7 Å². The molecule has 0 aliphatic heterocycles. The summed E-state index contributed by atoms with van der Waals surface area (Å²) in [6, 6.07) is -0.498. The van der Waals surface area contributed by atoms with Gasteiger partial charge in [-0.05, 0) is 54.0 Å². The van der Waals surface area contributed by atoms with Gasteiger partial charge < -0.3 is 5.32 Å². The van der Waals surface area contributed by atoms with Crippen LogP contribution in [0.3, 0.4) is 0 Å². The highest BCUT2D eigenvalue weighted by molar-refractivity contribution is 8.00. The van der Waals surface area contributed by atoms with Crippen LogP contribution in [0.4, 0.5) is 4.79 Å². The number of carbonyl (C=O) groups is 2. The van der Waals surface area contributed by atoms with Crippen molar-refractivity contribution in [2.75, 3.05) is 0 Å². The number of thioether (sulfide) groups is 1. The Balaban J connectivity index is 2.67. The normalized spacial score (nSPS) is 12.7. The van der Waals surface area contributed by atoms with Gasteiger partial charge >= 0.3 is 6.03 Å². The fraction of sp³-hybridized carbons (Fsp3) is 0.600. The molecule has 0 bridgehead atoms. The summed E-state index contributed by atoms with van der Waals surface area (Å²) in [6.45, 7) is 13.1. The molecular weight excluding hydrogens is 300 g/mol. The molecule has 6 nitrogen and oxygen atoms in total. The molecule has 0 unspecified atom stereocenters. The molecule has 22 heavy (non-hydrogen) atoms. The van der Waals surface area contributed by atoms with Crippen molar-refractivity contribution in [3.63, 3.8) is 0 Å². The Bertz CT molecular complexity index is 558. The molecule has 1 aromatic heterocycles. The molecule has 2 N–H and O–H groups in total. The molecule has 1 rings (SSSR count). The summed E-state index contributed by atoms with van der Waals surface area (Å²) in [5.41, 5.74) is 2.45. The average molecular weight is 324 g/mol. The molecule has 1 atom stereocenters. The van der Waals surface area contributed by atoms with E-state index in [1.807, 2.05) is 41.5 Å². The molecule has 122 valence electrons. The molecule has 0 spiro atoms. The number of urea groups is 1. The van der Waals surface area contributed by atoms with Crippen molar-refractivity contribution < 1.29 is 9.59 Å². The predicted molar refractivity (Wildman–Crippen MR) is 88.0 cm³/mol. The molecule has 1 aromatic rings. The van der Waals surface area contributed by atoms with E-state index in [0.29, 0.717) is 5.16 Å². The van der Waals surface area contributed by atoms with Gasteiger partial charge in [0.05, 0.1) is 5.25 Å².